The Balaban J connectivity index is 1.59. The minimum absolute atomic E-state index is 0.503. The Kier molecular flexibility index (Phi) is 4.04. The van der Waals surface area contributed by atoms with Crippen molar-refractivity contribution in [3.05, 3.63) is 59.2 Å². The predicted octanol–water partition coefficient (Wildman–Crippen LogP) is 3.68. The largest absolute Gasteiger partial charge is 0.389 e. The van der Waals surface area contributed by atoms with E-state index in [2.05, 4.69) is 61.9 Å². The molecule has 26 heavy (non-hydrogen) atoms. The first kappa shape index (κ1) is 16.8. The second kappa shape index (κ2) is 6.25. The summed E-state index contributed by atoms with van der Waals surface area (Å²) in [6.45, 7) is 9.40. The van der Waals surface area contributed by atoms with Gasteiger partial charge in [0.1, 0.15) is 0 Å². The molecular weight excluding hydrogens is 324 g/mol. The van der Waals surface area contributed by atoms with Gasteiger partial charge in [0.2, 0.25) is 0 Å². The van der Waals surface area contributed by atoms with E-state index < -0.39 is 6.10 Å². The molecule has 0 aliphatic heterocycles. The van der Waals surface area contributed by atoms with Crippen LogP contribution >= 0.6 is 0 Å². The molecule has 0 bridgehead atoms. The standard InChI is InChI=1S/C21H24N4O/c1-13-5-18-20(7-15(13)3)24(11-22-18)9-17(26)10-25-12-23-19-6-14(2)16(4)8-21(19)25/h5-8,11-12,17,26H,9-10H2,1-4H3. The van der Waals surface area contributed by atoms with Gasteiger partial charge in [-0.15, -0.1) is 0 Å². The van der Waals surface area contributed by atoms with Crippen molar-refractivity contribution in [2.24, 2.45) is 0 Å². The van der Waals surface area contributed by atoms with Crippen LogP contribution in [0.4, 0.5) is 0 Å². The molecular formula is C21H24N4O. The zero-order valence-corrected chi connectivity index (χ0v) is 15.7. The minimum Gasteiger partial charge on any atom is -0.389 e. The number of imidazole rings is 2. The van der Waals surface area contributed by atoms with Gasteiger partial charge in [-0.3, -0.25) is 0 Å². The number of fused-ring (bicyclic) bond motifs is 2. The van der Waals surface area contributed by atoms with Crippen molar-refractivity contribution in [1.82, 2.24) is 19.1 Å². The van der Waals surface area contributed by atoms with Crippen LogP contribution in [0.25, 0.3) is 22.1 Å². The van der Waals surface area contributed by atoms with Crippen LogP contribution in [0.2, 0.25) is 0 Å². The summed E-state index contributed by atoms with van der Waals surface area (Å²) in [6.07, 6.45) is 3.10. The SMILES string of the molecule is Cc1cc2ncn(CC(O)Cn3cnc4cc(C)c(C)cc43)c2cc1C. The maximum absolute atomic E-state index is 10.7. The van der Waals surface area contributed by atoms with Gasteiger partial charge in [0.15, 0.2) is 0 Å². The maximum Gasteiger partial charge on any atom is 0.0959 e. The number of aromatic nitrogens is 4. The highest BCUT2D eigenvalue weighted by molar-refractivity contribution is 5.78. The number of aliphatic hydroxyl groups is 1. The molecule has 4 aromatic rings. The van der Waals surface area contributed by atoms with Crippen molar-refractivity contribution in [3.8, 4) is 0 Å². The van der Waals surface area contributed by atoms with Crippen LogP contribution < -0.4 is 0 Å². The van der Waals surface area contributed by atoms with E-state index in [0.29, 0.717) is 13.1 Å². The number of rotatable bonds is 4. The fourth-order valence-corrected chi connectivity index (χ4v) is 3.43. The van der Waals surface area contributed by atoms with E-state index >= 15 is 0 Å². The van der Waals surface area contributed by atoms with Crippen LogP contribution in [0.3, 0.4) is 0 Å². The lowest BCUT2D eigenvalue weighted by Gasteiger charge is -2.14. The van der Waals surface area contributed by atoms with Crippen molar-refractivity contribution in [2.45, 2.75) is 46.9 Å². The molecule has 0 saturated heterocycles. The van der Waals surface area contributed by atoms with Gasteiger partial charge < -0.3 is 14.2 Å². The molecule has 0 saturated carbocycles. The van der Waals surface area contributed by atoms with Gasteiger partial charge in [0, 0.05) is 0 Å². The molecule has 2 aromatic carbocycles. The van der Waals surface area contributed by atoms with Gasteiger partial charge in [-0.05, 0) is 74.2 Å². The molecule has 134 valence electrons. The van der Waals surface area contributed by atoms with Crippen LogP contribution in [0.1, 0.15) is 22.3 Å². The highest BCUT2D eigenvalue weighted by atomic mass is 16.3. The van der Waals surface area contributed by atoms with E-state index in [1.54, 1.807) is 0 Å². The number of nitrogens with zero attached hydrogens (tertiary/aromatic N) is 4. The first-order chi connectivity index (χ1) is 12.4. The fourth-order valence-electron chi connectivity index (χ4n) is 3.43. The monoisotopic (exact) mass is 348 g/mol. The highest BCUT2D eigenvalue weighted by Gasteiger charge is 2.13. The van der Waals surface area contributed by atoms with Gasteiger partial charge >= 0.3 is 0 Å². The lowest BCUT2D eigenvalue weighted by molar-refractivity contribution is 0.137. The van der Waals surface area contributed by atoms with Gasteiger partial charge in [-0.1, -0.05) is 0 Å². The second-order valence-corrected chi connectivity index (χ2v) is 7.30. The van der Waals surface area contributed by atoms with E-state index in [-0.39, 0.29) is 0 Å². The first-order valence-electron chi connectivity index (χ1n) is 8.94. The van der Waals surface area contributed by atoms with Crippen LogP contribution in [0.5, 0.6) is 0 Å². The first-order valence-corrected chi connectivity index (χ1v) is 8.94. The van der Waals surface area contributed by atoms with Gasteiger partial charge in [-0.2, -0.15) is 0 Å². The maximum atomic E-state index is 10.7. The Morgan fingerprint density at radius 1 is 0.731 bits per heavy atom. The molecule has 0 amide bonds. The summed E-state index contributed by atoms with van der Waals surface area (Å²) in [6, 6.07) is 8.48. The number of hydrogen-bond donors (Lipinski definition) is 1. The van der Waals surface area contributed by atoms with Gasteiger partial charge in [0.05, 0.1) is 53.9 Å². The molecule has 0 atom stereocenters. The van der Waals surface area contributed by atoms with E-state index in [1.165, 1.54) is 22.3 Å². The molecule has 0 unspecified atom stereocenters. The topological polar surface area (TPSA) is 55.9 Å². The molecule has 0 radical (unpaired) electrons. The molecule has 5 nitrogen and oxygen atoms in total. The van der Waals surface area contributed by atoms with Gasteiger partial charge in [0.25, 0.3) is 0 Å². The van der Waals surface area contributed by atoms with Gasteiger partial charge in [-0.25, -0.2) is 9.97 Å². The molecule has 4 rings (SSSR count). The molecule has 2 heterocycles. The summed E-state index contributed by atoms with van der Waals surface area (Å²) in [5.41, 5.74) is 9.01. The molecule has 2 aromatic heterocycles. The van der Waals surface area contributed by atoms with Crippen LogP contribution in [-0.4, -0.2) is 30.3 Å². The summed E-state index contributed by atoms with van der Waals surface area (Å²) in [7, 11) is 0. The smallest absolute Gasteiger partial charge is 0.0959 e. The van der Waals surface area contributed by atoms with E-state index in [1.807, 2.05) is 21.8 Å². The normalized spacial score (nSPS) is 11.9. The van der Waals surface area contributed by atoms with Crippen molar-refractivity contribution in [2.75, 3.05) is 0 Å². The number of hydrogen-bond acceptors (Lipinski definition) is 3. The van der Waals surface area contributed by atoms with Crippen LogP contribution in [0, 0.1) is 27.7 Å². The zero-order valence-electron chi connectivity index (χ0n) is 15.7. The predicted molar refractivity (Wildman–Crippen MR) is 104 cm³/mol. The fraction of sp³-hybridized carbons (Fsp3) is 0.333. The number of aliphatic hydroxyl groups excluding tert-OH is 1. The van der Waals surface area contributed by atoms with Crippen molar-refractivity contribution < 1.29 is 5.11 Å². The molecule has 1 N–H and O–H groups in total. The average molecular weight is 348 g/mol. The lowest BCUT2D eigenvalue weighted by Crippen LogP contribution is -2.21. The van der Waals surface area contributed by atoms with E-state index in [4.69, 9.17) is 0 Å². The molecule has 0 aliphatic carbocycles. The van der Waals surface area contributed by atoms with Crippen LogP contribution in [0.15, 0.2) is 36.9 Å². The highest BCUT2D eigenvalue weighted by Crippen LogP contribution is 2.21. The van der Waals surface area contributed by atoms with Crippen molar-refractivity contribution >= 4 is 22.1 Å². The summed E-state index contributed by atoms with van der Waals surface area (Å²) < 4.78 is 4.06. The summed E-state index contributed by atoms with van der Waals surface area (Å²) in [5, 5.41) is 10.7. The second-order valence-electron chi connectivity index (χ2n) is 7.30. The Hall–Kier alpha value is -2.66. The Morgan fingerprint density at radius 3 is 1.54 bits per heavy atom. The third kappa shape index (κ3) is 2.88. The number of aryl methyl sites for hydroxylation is 4. The molecule has 5 heteroatoms. The van der Waals surface area contributed by atoms with Crippen LogP contribution in [-0.2, 0) is 13.1 Å². The summed E-state index contributed by atoms with van der Waals surface area (Å²) >= 11 is 0. The lowest BCUT2D eigenvalue weighted by atomic mass is 10.1. The zero-order chi connectivity index (χ0) is 18.4. The van der Waals surface area contributed by atoms with Crippen molar-refractivity contribution in [3.63, 3.8) is 0 Å². The molecule has 0 spiro atoms. The quantitative estimate of drug-likeness (QED) is 0.612. The van der Waals surface area contributed by atoms with E-state index in [0.717, 1.165) is 22.1 Å². The third-order valence-electron chi connectivity index (χ3n) is 5.29. The minimum atomic E-state index is -0.520. The Labute approximate surface area is 152 Å². The summed E-state index contributed by atoms with van der Waals surface area (Å²) in [4.78, 5) is 8.95. The van der Waals surface area contributed by atoms with Crippen molar-refractivity contribution in [1.29, 1.82) is 0 Å². The molecule has 0 fully saturated rings. The molecule has 0 aliphatic rings. The Bertz CT molecular complexity index is 1020. The van der Waals surface area contributed by atoms with E-state index in [9.17, 15) is 5.11 Å². The Morgan fingerprint density at radius 2 is 1.12 bits per heavy atom. The number of benzene rings is 2. The third-order valence-corrected chi connectivity index (χ3v) is 5.29. The average Bonchev–Trinajstić information content (AvgIpc) is 3.14. The summed E-state index contributed by atoms with van der Waals surface area (Å²) in [5.74, 6) is 0.